The highest BCUT2D eigenvalue weighted by atomic mass is 35.5. The van der Waals surface area contributed by atoms with Crippen molar-refractivity contribution >= 4 is 35.2 Å². The largest absolute Gasteiger partial charge is 0.352 e. The third-order valence-corrected chi connectivity index (χ3v) is 6.97. The molecule has 6 heteroatoms. The predicted octanol–water partition coefficient (Wildman–Crippen LogP) is 5.48. The lowest BCUT2D eigenvalue weighted by atomic mass is 10.1. The van der Waals surface area contributed by atoms with E-state index in [0.29, 0.717) is 29.4 Å². The highest BCUT2D eigenvalue weighted by molar-refractivity contribution is 8.00. The van der Waals surface area contributed by atoms with Gasteiger partial charge in [0.25, 0.3) is 5.91 Å². The molecule has 0 radical (unpaired) electrons. The first-order chi connectivity index (χ1) is 15.6. The summed E-state index contributed by atoms with van der Waals surface area (Å²) in [7, 11) is 0. The van der Waals surface area contributed by atoms with E-state index in [-0.39, 0.29) is 17.2 Å². The number of hydrogen-bond donors (Lipinski definition) is 1. The second kappa shape index (κ2) is 10.7. The van der Waals surface area contributed by atoms with E-state index >= 15 is 0 Å². The average Bonchev–Trinajstić information content (AvgIpc) is 3.19. The summed E-state index contributed by atoms with van der Waals surface area (Å²) in [6.45, 7) is 1.18. The van der Waals surface area contributed by atoms with Crippen LogP contribution in [0.5, 0.6) is 0 Å². The van der Waals surface area contributed by atoms with Crippen LogP contribution in [0.25, 0.3) is 0 Å². The molecule has 0 saturated carbocycles. The van der Waals surface area contributed by atoms with Gasteiger partial charge in [0, 0.05) is 23.7 Å². The van der Waals surface area contributed by atoms with Gasteiger partial charge >= 0.3 is 0 Å². The minimum atomic E-state index is -0.0715. The third kappa shape index (κ3) is 5.72. The van der Waals surface area contributed by atoms with Crippen LogP contribution in [0.15, 0.2) is 78.9 Å². The van der Waals surface area contributed by atoms with Crippen LogP contribution in [-0.2, 0) is 17.8 Å². The van der Waals surface area contributed by atoms with Crippen LogP contribution in [0.1, 0.15) is 38.8 Å². The summed E-state index contributed by atoms with van der Waals surface area (Å²) >= 11 is 7.59. The quantitative estimate of drug-likeness (QED) is 0.449. The molecule has 4 nitrogen and oxygen atoms in total. The highest BCUT2D eigenvalue weighted by Crippen LogP contribution is 2.39. The minimum absolute atomic E-state index is 0.0545. The van der Waals surface area contributed by atoms with E-state index in [9.17, 15) is 9.59 Å². The molecule has 32 heavy (non-hydrogen) atoms. The molecule has 2 amide bonds. The van der Waals surface area contributed by atoms with Crippen molar-refractivity contribution in [2.45, 2.75) is 24.8 Å². The lowest BCUT2D eigenvalue weighted by Crippen LogP contribution is -2.28. The maximum absolute atomic E-state index is 12.5. The smallest absolute Gasteiger partial charge is 0.251 e. The van der Waals surface area contributed by atoms with Crippen LogP contribution in [0.2, 0.25) is 5.02 Å². The van der Waals surface area contributed by atoms with E-state index in [1.807, 2.05) is 71.6 Å². The summed E-state index contributed by atoms with van der Waals surface area (Å²) in [6, 6.07) is 25.4. The number of hydrogen-bond acceptors (Lipinski definition) is 3. The Balaban J connectivity index is 1.33. The Morgan fingerprint density at radius 1 is 0.969 bits per heavy atom. The van der Waals surface area contributed by atoms with Crippen molar-refractivity contribution in [3.8, 4) is 0 Å². The molecule has 3 aromatic carbocycles. The zero-order chi connectivity index (χ0) is 22.3. The van der Waals surface area contributed by atoms with E-state index < -0.39 is 0 Å². The Morgan fingerprint density at radius 3 is 2.41 bits per heavy atom. The minimum Gasteiger partial charge on any atom is -0.352 e. The van der Waals surface area contributed by atoms with Gasteiger partial charge in [0.05, 0.1) is 5.75 Å². The van der Waals surface area contributed by atoms with Gasteiger partial charge in [-0.1, -0.05) is 66.2 Å². The van der Waals surface area contributed by atoms with Gasteiger partial charge in [-0.3, -0.25) is 9.59 Å². The molecular weight excluding hydrogens is 440 g/mol. The number of thioether (sulfide) groups is 1. The fraction of sp³-hybridized carbons (Fsp3) is 0.231. The normalized spacial score (nSPS) is 15.7. The molecule has 1 heterocycles. The standard InChI is InChI=1S/C26H25ClN2O2S/c27-23-14-8-20(9-15-23)17-29-24(30)18-32-26(29)22-12-10-21(11-13-22)25(31)28-16-4-7-19-5-2-1-3-6-19/h1-3,5-6,8-15,26H,4,7,16-18H2,(H,28,31)/t26-/m0/s1. The first kappa shape index (κ1) is 22.4. The summed E-state index contributed by atoms with van der Waals surface area (Å²) in [6.07, 6.45) is 1.84. The second-order valence-corrected chi connectivity index (χ2v) is 9.28. The van der Waals surface area contributed by atoms with Gasteiger partial charge in [0.15, 0.2) is 0 Å². The van der Waals surface area contributed by atoms with Gasteiger partial charge in [-0.25, -0.2) is 0 Å². The molecule has 1 saturated heterocycles. The number of carbonyl (C=O) groups is 2. The molecule has 164 valence electrons. The van der Waals surface area contributed by atoms with Gasteiger partial charge in [0.2, 0.25) is 5.91 Å². The van der Waals surface area contributed by atoms with E-state index in [1.165, 1.54) is 5.56 Å². The van der Waals surface area contributed by atoms with Crippen LogP contribution in [0.4, 0.5) is 0 Å². The second-order valence-electron chi connectivity index (χ2n) is 7.78. The number of halogens is 1. The first-order valence-electron chi connectivity index (χ1n) is 10.7. The molecule has 0 unspecified atom stereocenters. The van der Waals surface area contributed by atoms with E-state index in [2.05, 4.69) is 17.4 Å². The van der Waals surface area contributed by atoms with Crippen LogP contribution < -0.4 is 5.32 Å². The van der Waals surface area contributed by atoms with Crippen molar-refractivity contribution in [1.29, 1.82) is 0 Å². The molecule has 1 atom stereocenters. The molecule has 1 fully saturated rings. The van der Waals surface area contributed by atoms with Gasteiger partial charge < -0.3 is 10.2 Å². The molecular formula is C26H25ClN2O2S. The molecule has 0 aliphatic carbocycles. The highest BCUT2D eigenvalue weighted by Gasteiger charge is 2.32. The van der Waals surface area contributed by atoms with Crippen LogP contribution in [-0.4, -0.2) is 29.0 Å². The van der Waals surface area contributed by atoms with Crippen molar-refractivity contribution < 1.29 is 9.59 Å². The first-order valence-corrected chi connectivity index (χ1v) is 12.1. The summed E-state index contributed by atoms with van der Waals surface area (Å²) in [5, 5.41) is 3.62. The fourth-order valence-electron chi connectivity index (χ4n) is 3.73. The van der Waals surface area contributed by atoms with Crippen molar-refractivity contribution in [3.63, 3.8) is 0 Å². The molecule has 1 aliphatic rings. The summed E-state index contributed by atoms with van der Waals surface area (Å²) < 4.78 is 0. The topological polar surface area (TPSA) is 49.4 Å². The molecule has 0 spiro atoms. The third-order valence-electron chi connectivity index (χ3n) is 5.46. The van der Waals surface area contributed by atoms with E-state index in [0.717, 1.165) is 24.0 Å². The van der Waals surface area contributed by atoms with Gasteiger partial charge in [-0.15, -0.1) is 11.8 Å². The monoisotopic (exact) mass is 464 g/mol. The maximum Gasteiger partial charge on any atom is 0.251 e. The summed E-state index contributed by atoms with van der Waals surface area (Å²) in [4.78, 5) is 26.8. The number of amides is 2. The predicted molar refractivity (Wildman–Crippen MR) is 131 cm³/mol. The van der Waals surface area contributed by atoms with E-state index in [1.54, 1.807) is 11.8 Å². The lowest BCUT2D eigenvalue weighted by Gasteiger charge is -2.24. The van der Waals surface area contributed by atoms with Crippen molar-refractivity contribution in [3.05, 3.63) is 106 Å². The number of nitrogens with one attached hydrogen (secondary N) is 1. The molecule has 0 aromatic heterocycles. The lowest BCUT2D eigenvalue weighted by molar-refractivity contribution is -0.128. The Hall–Kier alpha value is -2.76. The zero-order valence-electron chi connectivity index (χ0n) is 17.7. The SMILES string of the molecule is O=C(NCCCc1ccccc1)c1ccc([C@@H]2SCC(=O)N2Cc2ccc(Cl)cc2)cc1. The number of aryl methyl sites for hydroxylation is 1. The number of carbonyl (C=O) groups excluding carboxylic acids is 2. The Kier molecular flexibility index (Phi) is 7.51. The number of nitrogens with zero attached hydrogens (tertiary/aromatic N) is 1. The van der Waals surface area contributed by atoms with Gasteiger partial charge in [-0.05, 0) is 53.8 Å². The maximum atomic E-state index is 12.5. The summed E-state index contributed by atoms with van der Waals surface area (Å²) in [5.41, 5.74) is 3.97. The van der Waals surface area contributed by atoms with Crippen LogP contribution >= 0.6 is 23.4 Å². The van der Waals surface area contributed by atoms with Gasteiger partial charge in [-0.2, -0.15) is 0 Å². The van der Waals surface area contributed by atoms with Crippen molar-refractivity contribution in [2.75, 3.05) is 12.3 Å². The Bertz CT molecular complexity index is 1060. The van der Waals surface area contributed by atoms with E-state index in [4.69, 9.17) is 11.6 Å². The molecule has 0 bridgehead atoms. The summed E-state index contributed by atoms with van der Waals surface area (Å²) in [5.74, 6) is 0.509. The number of rotatable bonds is 8. The average molecular weight is 465 g/mol. The Labute approximate surface area is 198 Å². The zero-order valence-corrected chi connectivity index (χ0v) is 19.2. The van der Waals surface area contributed by atoms with Crippen LogP contribution in [0.3, 0.4) is 0 Å². The Morgan fingerprint density at radius 2 is 1.69 bits per heavy atom. The molecule has 3 aromatic rings. The van der Waals surface area contributed by atoms with Crippen molar-refractivity contribution in [1.82, 2.24) is 10.2 Å². The van der Waals surface area contributed by atoms with Crippen molar-refractivity contribution in [2.24, 2.45) is 0 Å². The van der Waals surface area contributed by atoms with Crippen LogP contribution in [0, 0.1) is 0 Å². The number of benzene rings is 3. The fourth-order valence-corrected chi connectivity index (χ4v) is 5.04. The molecule has 1 aliphatic heterocycles. The molecule has 4 rings (SSSR count). The van der Waals surface area contributed by atoms with Gasteiger partial charge in [0.1, 0.15) is 5.37 Å². The molecule has 1 N–H and O–H groups in total.